The number of pyridine rings is 1. The summed E-state index contributed by atoms with van der Waals surface area (Å²) in [4.78, 5) is 26.7. The summed E-state index contributed by atoms with van der Waals surface area (Å²) in [5.74, 6) is -0.0861. The first-order chi connectivity index (χ1) is 9.31. The summed E-state index contributed by atoms with van der Waals surface area (Å²) in [6.45, 7) is 2.78. The molecule has 0 atom stereocenters. The number of amides is 1. The molecule has 0 fully saturated rings. The van der Waals surface area contributed by atoms with Crippen LogP contribution in [0.25, 0.3) is 22.1 Å². The van der Waals surface area contributed by atoms with Crippen LogP contribution in [0.15, 0.2) is 18.7 Å². The van der Waals surface area contributed by atoms with Crippen molar-refractivity contribution in [1.29, 1.82) is 0 Å². The fourth-order valence-corrected chi connectivity index (χ4v) is 2.14. The smallest absolute Gasteiger partial charge is 0.253 e. The molecule has 0 aromatic carbocycles. The van der Waals surface area contributed by atoms with Crippen molar-refractivity contribution in [2.24, 2.45) is 0 Å². The quantitative estimate of drug-likeness (QED) is 0.624. The Bertz CT molecular complexity index is 727. The summed E-state index contributed by atoms with van der Waals surface area (Å²) in [6, 6.07) is 0. The van der Waals surface area contributed by atoms with Crippen molar-refractivity contribution in [3.8, 4) is 0 Å². The van der Waals surface area contributed by atoms with Gasteiger partial charge in [-0.1, -0.05) is 13.3 Å². The zero-order chi connectivity index (χ0) is 13.2. The lowest BCUT2D eigenvalue weighted by Crippen LogP contribution is -2.24. The predicted molar refractivity (Wildman–Crippen MR) is 73.0 cm³/mol. The summed E-state index contributed by atoms with van der Waals surface area (Å²) < 4.78 is 0. The minimum Gasteiger partial charge on any atom is -0.352 e. The summed E-state index contributed by atoms with van der Waals surface area (Å²) in [7, 11) is 0. The second-order valence-electron chi connectivity index (χ2n) is 4.46. The number of fused-ring (bicyclic) bond motifs is 3. The van der Waals surface area contributed by atoms with Gasteiger partial charge in [-0.15, -0.1) is 0 Å². The molecule has 6 nitrogen and oxygen atoms in total. The number of nitrogens with zero attached hydrogens (tertiary/aromatic N) is 2. The number of carbonyl (C=O) groups is 1. The van der Waals surface area contributed by atoms with Crippen LogP contribution in [0.2, 0.25) is 0 Å². The molecule has 3 aromatic heterocycles. The first-order valence-electron chi connectivity index (χ1n) is 6.38. The molecule has 0 aliphatic heterocycles. The highest BCUT2D eigenvalue weighted by molar-refractivity contribution is 6.14. The molecule has 3 rings (SSSR count). The van der Waals surface area contributed by atoms with Crippen LogP contribution in [0.1, 0.15) is 30.1 Å². The Balaban J connectivity index is 2.03. The van der Waals surface area contributed by atoms with E-state index in [-0.39, 0.29) is 5.91 Å². The lowest BCUT2D eigenvalue weighted by atomic mass is 10.2. The average Bonchev–Trinajstić information content (AvgIpc) is 3.04. The summed E-state index contributed by atoms with van der Waals surface area (Å²) in [5, 5.41) is 3.68. The molecule has 0 saturated carbocycles. The molecule has 0 spiro atoms. The van der Waals surface area contributed by atoms with Crippen LogP contribution in [0, 0.1) is 0 Å². The molecule has 3 heterocycles. The van der Waals surface area contributed by atoms with Gasteiger partial charge in [0.2, 0.25) is 0 Å². The normalized spacial score (nSPS) is 11.2. The first-order valence-corrected chi connectivity index (χ1v) is 6.38. The largest absolute Gasteiger partial charge is 0.352 e. The number of rotatable bonds is 4. The minimum atomic E-state index is -0.0861. The number of carbonyl (C=O) groups excluding carboxylic acids is 1. The van der Waals surface area contributed by atoms with Crippen molar-refractivity contribution in [2.45, 2.75) is 19.8 Å². The number of H-pyrrole nitrogens is 2. The number of aromatic amines is 2. The number of imidazole rings is 1. The maximum absolute atomic E-state index is 12.2. The molecule has 1 amide bonds. The number of aromatic nitrogens is 4. The van der Waals surface area contributed by atoms with Crippen molar-refractivity contribution < 1.29 is 4.79 Å². The standard InChI is InChI=1S/C13H15N5O/c1-2-3-4-14-13(19)8-5-15-12-10(8)11-9(6-16-12)17-7-18-11/h5-7H,2-4H2,1H3,(H,14,19)(H,15,16)(H,17,18). The van der Waals surface area contributed by atoms with Gasteiger partial charge >= 0.3 is 0 Å². The van der Waals surface area contributed by atoms with E-state index in [0.29, 0.717) is 17.8 Å². The minimum absolute atomic E-state index is 0.0861. The molecular formula is C13H15N5O. The van der Waals surface area contributed by atoms with E-state index in [9.17, 15) is 4.79 Å². The zero-order valence-corrected chi connectivity index (χ0v) is 10.7. The number of hydrogen-bond acceptors (Lipinski definition) is 3. The van der Waals surface area contributed by atoms with Crippen molar-refractivity contribution >= 4 is 28.0 Å². The first kappa shape index (κ1) is 11.7. The second-order valence-corrected chi connectivity index (χ2v) is 4.46. The van der Waals surface area contributed by atoms with Crippen molar-refractivity contribution in [2.75, 3.05) is 6.54 Å². The summed E-state index contributed by atoms with van der Waals surface area (Å²) in [5.41, 5.74) is 2.87. The van der Waals surface area contributed by atoms with Crippen molar-refractivity contribution in [3.63, 3.8) is 0 Å². The third-order valence-electron chi connectivity index (χ3n) is 3.15. The molecule has 0 bridgehead atoms. The third kappa shape index (κ3) is 1.95. The van der Waals surface area contributed by atoms with E-state index in [1.54, 1.807) is 18.7 Å². The Kier molecular flexibility index (Phi) is 2.91. The second kappa shape index (κ2) is 4.72. The van der Waals surface area contributed by atoms with Gasteiger partial charge in [0.05, 0.1) is 29.0 Å². The van der Waals surface area contributed by atoms with Gasteiger partial charge in [0, 0.05) is 12.7 Å². The van der Waals surface area contributed by atoms with E-state index in [0.717, 1.165) is 29.3 Å². The number of nitrogens with one attached hydrogen (secondary N) is 3. The van der Waals surface area contributed by atoms with Gasteiger partial charge in [0.25, 0.3) is 5.91 Å². The zero-order valence-electron chi connectivity index (χ0n) is 10.7. The fraction of sp³-hybridized carbons (Fsp3) is 0.308. The molecular weight excluding hydrogens is 242 g/mol. The van der Waals surface area contributed by atoms with Crippen LogP contribution in [-0.4, -0.2) is 32.4 Å². The molecule has 6 heteroatoms. The van der Waals surface area contributed by atoms with E-state index in [1.807, 2.05) is 0 Å². The molecule has 98 valence electrons. The van der Waals surface area contributed by atoms with E-state index in [4.69, 9.17) is 0 Å². The molecule has 0 saturated heterocycles. The predicted octanol–water partition coefficient (Wildman–Crippen LogP) is 1.97. The maximum Gasteiger partial charge on any atom is 0.253 e. The van der Waals surface area contributed by atoms with Gasteiger partial charge in [0.1, 0.15) is 11.2 Å². The Labute approximate surface area is 109 Å². The van der Waals surface area contributed by atoms with Crippen LogP contribution in [0.5, 0.6) is 0 Å². The highest BCUT2D eigenvalue weighted by Crippen LogP contribution is 2.23. The van der Waals surface area contributed by atoms with Crippen LogP contribution < -0.4 is 5.32 Å². The van der Waals surface area contributed by atoms with Gasteiger partial charge in [0.15, 0.2) is 0 Å². The SMILES string of the molecule is CCCCNC(=O)c1c[nH]c2ncc3[nH]cnc3c12. The van der Waals surface area contributed by atoms with E-state index < -0.39 is 0 Å². The number of unbranched alkanes of at least 4 members (excludes halogenated alkanes) is 1. The fourth-order valence-electron chi connectivity index (χ4n) is 2.14. The molecule has 19 heavy (non-hydrogen) atoms. The third-order valence-corrected chi connectivity index (χ3v) is 3.15. The van der Waals surface area contributed by atoms with Gasteiger partial charge in [-0.2, -0.15) is 0 Å². The van der Waals surface area contributed by atoms with Gasteiger partial charge < -0.3 is 15.3 Å². The molecule has 0 aliphatic carbocycles. The summed E-state index contributed by atoms with van der Waals surface area (Å²) >= 11 is 0. The van der Waals surface area contributed by atoms with Gasteiger partial charge in [-0.25, -0.2) is 9.97 Å². The monoisotopic (exact) mass is 257 g/mol. The maximum atomic E-state index is 12.2. The topological polar surface area (TPSA) is 86.5 Å². The molecule has 0 unspecified atom stereocenters. The van der Waals surface area contributed by atoms with Crippen LogP contribution >= 0.6 is 0 Å². The van der Waals surface area contributed by atoms with Crippen LogP contribution in [0.4, 0.5) is 0 Å². The summed E-state index contributed by atoms with van der Waals surface area (Å²) in [6.07, 6.45) is 7.04. The van der Waals surface area contributed by atoms with E-state index >= 15 is 0 Å². The van der Waals surface area contributed by atoms with Crippen molar-refractivity contribution in [1.82, 2.24) is 25.3 Å². The molecule has 3 N–H and O–H groups in total. The van der Waals surface area contributed by atoms with Crippen molar-refractivity contribution in [3.05, 3.63) is 24.3 Å². The highest BCUT2D eigenvalue weighted by Gasteiger charge is 2.16. The molecule has 0 radical (unpaired) electrons. The Morgan fingerprint density at radius 3 is 3.11 bits per heavy atom. The Morgan fingerprint density at radius 2 is 2.26 bits per heavy atom. The van der Waals surface area contributed by atoms with Crippen LogP contribution in [-0.2, 0) is 0 Å². The highest BCUT2D eigenvalue weighted by atomic mass is 16.1. The number of hydrogen-bond donors (Lipinski definition) is 3. The van der Waals surface area contributed by atoms with Gasteiger partial charge in [-0.05, 0) is 6.42 Å². The lowest BCUT2D eigenvalue weighted by molar-refractivity contribution is 0.0955. The average molecular weight is 257 g/mol. The molecule has 0 aliphatic rings. The van der Waals surface area contributed by atoms with E-state index in [2.05, 4.69) is 32.2 Å². The Hall–Kier alpha value is -2.37. The van der Waals surface area contributed by atoms with Gasteiger partial charge in [-0.3, -0.25) is 4.79 Å². The molecule has 3 aromatic rings. The Morgan fingerprint density at radius 1 is 1.37 bits per heavy atom. The van der Waals surface area contributed by atoms with Crippen LogP contribution in [0.3, 0.4) is 0 Å². The van der Waals surface area contributed by atoms with E-state index in [1.165, 1.54) is 0 Å². The lowest BCUT2D eigenvalue weighted by Gasteiger charge is -2.02.